The summed E-state index contributed by atoms with van der Waals surface area (Å²) >= 11 is 1.88. The molecule has 0 aromatic carbocycles. The van der Waals surface area contributed by atoms with E-state index in [0.717, 1.165) is 6.42 Å². The third-order valence-electron chi connectivity index (χ3n) is 1.96. The molecule has 0 aliphatic heterocycles. The predicted octanol–water partition coefficient (Wildman–Crippen LogP) is 3.91. The zero-order valence-corrected chi connectivity index (χ0v) is 8.71. The minimum Gasteiger partial charge on any atom is -0.141 e. The molecule has 0 saturated carbocycles. The highest BCUT2D eigenvalue weighted by molar-refractivity contribution is 7.13. The Bertz CT molecular complexity index is 258. The lowest BCUT2D eigenvalue weighted by atomic mass is 10.1. The van der Waals surface area contributed by atoms with Crippen molar-refractivity contribution in [2.75, 3.05) is 0 Å². The summed E-state index contributed by atoms with van der Waals surface area (Å²) in [5, 5.41) is 0. The van der Waals surface area contributed by atoms with Crippen molar-refractivity contribution in [1.82, 2.24) is 0 Å². The van der Waals surface area contributed by atoms with Crippen LogP contribution < -0.4 is 0 Å². The second-order valence-electron chi connectivity index (χ2n) is 2.90. The Morgan fingerprint density at radius 1 is 1.50 bits per heavy atom. The van der Waals surface area contributed by atoms with Gasteiger partial charge in [0.1, 0.15) is 0 Å². The van der Waals surface area contributed by atoms with Crippen molar-refractivity contribution in [3.63, 3.8) is 0 Å². The highest BCUT2D eigenvalue weighted by Gasteiger charge is 2.03. The second-order valence-corrected chi connectivity index (χ2v) is 4.07. The fourth-order valence-corrected chi connectivity index (χ4v) is 2.38. The van der Waals surface area contributed by atoms with E-state index < -0.39 is 0 Å². The van der Waals surface area contributed by atoms with Crippen molar-refractivity contribution in [2.24, 2.45) is 0 Å². The van der Waals surface area contributed by atoms with E-state index in [1.54, 1.807) is 0 Å². The van der Waals surface area contributed by atoms with Crippen molar-refractivity contribution in [3.05, 3.63) is 28.0 Å². The summed E-state index contributed by atoms with van der Waals surface area (Å²) in [5.74, 6) is 0. The average molecular weight is 180 g/mol. The maximum Gasteiger partial charge on any atom is 0.0270 e. The Balaban J connectivity index is 2.91. The zero-order valence-electron chi connectivity index (χ0n) is 7.89. The van der Waals surface area contributed by atoms with Crippen LogP contribution in [0.5, 0.6) is 0 Å². The molecule has 1 heteroatoms. The molecule has 0 N–H and O–H groups in total. The van der Waals surface area contributed by atoms with Crippen LogP contribution in [0.15, 0.2) is 12.6 Å². The fourth-order valence-electron chi connectivity index (χ4n) is 1.37. The summed E-state index contributed by atoms with van der Waals surface area (Å²) in [6, 6.07) is 2.28. The van der Waals surface area contributed by atoms with Crippen molar-refractivity contribution in [2.45, 2.75) is 33.1 Å². The molecule has 1 rings (SSSR count). The summed E-state index contributed by atoms with van der Waals surface area (Å²) in [5.41, 5.74) is 1.53. The molecule has 0 aliphatic carbocycles. The third kappa shape index (κ3) is 1.98. The SMILES string of the molecule is C=Cc1cc(CCC)c(CC)s1. The smallest absolute Gasteiger partial charge is 0.0270 e. The van der Waals surface area contributed by atoms with E-state index in [0.29, 0.717) is 0 Å². The van der Waals surface area contributed by atoms with Crippen molar-refractivity contribution in [3.8, 4) is 0 Å². The number of thiophene rings is 1. The highest BCUT2D eigenvalue weighted by atomic mass is 32.1. The molecule has 1 aromatic heterocycles. The largest absolute Gasteiger partial charge is 0.141 e. The summed E-state index contributed by atoms with van der Waals surface area (Å²) in [7, 11) is 0. The van der Waals surface area contributed by atoms with Crippen LogP contribution >= 0.6 is 11.3 Å². The van der Waals surface area contributed by atoms with E-state index in [1.165, 1.54) is 28.2 Å². The van der Waals surface area contributed by atoms with E-state index in [2.05, 4.69) is 26.5 Å². The fraction of sp³-hybridized carbons (Fsp3) is 0.455. The molecule has 0 fully saturated rings. The second kappa shape index (κ2) is 4.46. The monoisotopic (exact) mass is 180 g/mol. The van der Waals surface area contributed by atoms with E-state index in [4.69, 9.17) is 0 Å². The van der Waals surface area contributed by atoms with Crippen LogP contribution in [-0.4, -0.2) is 0 Å². The first-order chi connectivity index (χ1) is 5.81. The van der Waals surface area contributed by atoms with Gasteiger partial charge in [-0.2, -0.15) is 0 Å². The van der Waals surface area contributed by atoms with E-state index >= 15 is 0 Å². The molecule has 0 nitrogen and oxygen atoms in total. The summed E-state index contributed by atoms with van der Waals surface area (Å²) in [6.45, 7) is 8.24. The maximum absolute atomic E-state index is 3.79. The minimum atomic E-state index is 1.16. The highest BCUT2D eigenvalue weighted by Crippen LogP contribution is 2.24. The zero-order chi connectivity index (χ0) is 8.97. The molecule has 66 valence electrons. The topological polar surface area (TPSA) is 0 Å². The minimum absolute atomic E-state index is 1.16. The number of hydrogen-bond donors (Lipinski definition) is 0. The van der Waals surface area contributed by atoms with Gasteiger partial charge in [-0.3, -0.25) is 0 Å². The molecule has 0 atom stereocenters. The van der Waals surface area contributed by atoms with Gasteiger partial charge in [0.15, 0.2) is 0 Å². The standard InChI is InChI=1S/C11H16S/c1-4-7-9-8-10(5-2)12-11(9)6-3/h5,8H,2,4,6-7H2,1,3H3. The van der Waals surface area contributed by atoms with Gasteiger partial charge in [-0.15, -0.1) is 11.3 Å². The Kier molecular flexibility index (Phi) is 3.54. The van der Waals surface area contributed by atoms with Gasteiger partial charge in [-0.25, -0.2) is 0 Å². The van der Waals surface area contributed by atoms with Crippen LogP contribution in [-0.2, 0) is 12.8 Å². The van der Waals surface area contributed by atoms with Gasteiger partial charge in [-0.05, 0) is 24.5 Å². The lowest BCUT2D eigenvalue weighted by Gasteiger charge is -1.96. The molecule has 12 heavy (non-hydrogen) atoms. The van der Waals surface area contributed by atoms with Crippen LogP contribution in [0.4, 0.5) is 0 Å². The average Bonchev–Trinajstić information content (AvgIpc) is 2.48. The van der Waals surface area contributed by atoms with Crippen LogP contribution in [0.1, 0.15) is 35.6 Å². The van der Waals surface area contributed by atoms with E-state index in [-0.39, 0.29) is 0 Å². The first kappa shape index (κ1) is 9.53. The Hall–Kier alpha value is -0.560. The maximum atomic E-state index is 3.79. The van der Waals surface area contributed by atoms with Crippen molar-refractivity contribution in [1.29, 1.82) is 0 Å². The molecule has 0 unspecified atom stereocenters. The first-order valence-corrected chi connectivity index (χ1v) is 5.37. The lowest BCUT2D eigenvalue weighted by molar-refractivity contribution is 0.910. The molecule has 0 radical (unpaired) electrons. The van der Waals surface area contributed by atoms with Crippen LogP contribution in [0.2, 0.25) is 0 Å². The van der Waals surface area contributed by atoms with Gasteiger partial charge < -0.3 is 0 Å². The van der Waals surface area contributed by atoms with E-state index in [9.17, 15) is 0 Å². The van der Waals surface area contributed by atoms with Crippen molar-refractivity contribution < 1.29 is 0 Å². The van der Waals surface area contributed by atoms with E-state index in [1.807, 2.05) is 17.4 Å². The third-order valence-corrected chi connectivity index (χ3v) is 3.27. The molecular weight excluding hydrogens is 164 g/mol. The number of rotatable bonds is 4. The summed E-state index contributed by atoms with van der Waals surface area (Å²) in [4.78, 5) is 2.85. The molecule has 0 spiro atoms. The van der Waals surface area contributed by atoms with Crippen LogP contribution in [0, 0.1) is 0 Å². The van der Waals surface area contributed by atoms with Gasteiger partial charge in [0.25, 0.3) is 0 Å². The molecule has 1 aromatic rings. The molecule has 0 amide bonds. The Labute approximate surface area is 78.9 Å². The Morgan fingerprint density at radius 2 is 2.25 bits per heavy atom. The summed E-state index contributed by atoms with van der Waals surface area (Å²) < 4.78 is 0. The van der Waals surface area contributed by atoms with Gasteiger partial charge in [-0.1, -0.05) is 32.9 Å². The predicted molar refractivity (Wildman–Crippen MR) is 57.8 cm³/mol. The molecule has 1 heterocycles. The molecule has 0 bridgehead atoms. The van der Waals surface area contributed by atoms with Gasteiger partial charge in [0.2, 0.25) is 0 Å². The molecular formula is C11H16S. The molecule has 0 saturated heterocycles. The van der Waals surface area contributed by atoms with Crippen LogP contribution in [0.25, 0.3) is 6.08 Å². The molecule has 0 aliphatic rings. The first-order valence-electron chi connectivity index (χ1n) is 4.55. The normalized spacial score (nSPS) is 10.2. The number of hydrogen-bond acceptors (Lipinski definition) is 1. The Morgan fingerprint density at radius 3 is 2.75 bits per heavy atom. The number of aryl methyl sites for hydroxylation is 2. The quantitative estimate of drug-likeness (QED) is 0.659. The lowest BCUT2D eigenvalue weighted by Crippen LogP contribution is -1.84. The van der Waals surface area contributed by atoms with Gasteiger partial charge in [0, 0.05) is 9.75 Å². The summed E-state index contributed by atoms with van der Waals surface area (Å²) in [6.07, 6.45) is 5.56. The van der Waals surface area contributed by atoms with Gasteiger partial charge in [0.05, 0.1) is 0 Å². The van der Waals surface area contributed by atoms with Crippen molar-refractivity contribution >= 4 is 17.4 Å². The van der Waals surface area contributed by atoms with Crippen LogP contribution in [0.3, 0.4) is 0 Å². The van der Waals surface area contributed by atoms with Gasteiger partial charge >= 0.3 is 0 Å².